The van der Waals surface area contributed by atoms with Crippen molar-refractivity contribution >= 4 is 34.2 Å². The van der Waals surface area contributed by atoms with Crippen molar-refractivity contribution < 1.29 is 9.59 Å². The van der Waals surface area contributed by atoms with Gasteiger partial charge < -0.3 is 10.3 Å². The van der Waals surface area contributed by atoms with Crippen LogP contribution in [0.4, 0.5) is 0 Å². The van der Waals surface area contributed by atoms with Crippen LogP contribution in [0.5, 0.6) is 0 Å². The van der Waals surface area contributed by atoms with Crippen LogP contribution in [0.2, 0.25) is 5.02 Å². The molecular weight excluding hydrogens is 264 g/mol. The zero-order chi connectivity index (χ0) is 14.2. The number of fused-ring (bicyclic) bond motifs is 1. The molecule has 1 aromatic heterocycles. The predicted octanol–water partition coefficient (Wildman–Crippen LogP) is 2.92. The molecule has 5 heteroatoms. The fraction of sp³-hybridized carbons (Fsp3) is 0.286. The Balaban J connectivity index is 2.34. The van der Waals surface area contributed by atoms with Crippen LogP contribution >= 0.6 is 11.6 Å². The standard InChI is InChI=1S/C14H15ClN2O2/c1-14(2,3)17-13(19)12(18)10-7-16-11-6-8(15)4-5-9(10)11/h4-7,16H,1-3H3,(H,17,19). The number of Topliss-reactive ketones (excluding diaryl/α,β-unsaturated/α-hetero) is 1. The maximum Gasteiger partial charge on any atom is 0.292 e. The van der Waals surface area contributed by atoms with E-state index in [-0.39, 0.29) is 0 Å². The molecule has 0 atom stereocenters. The van der Waals surface area contributed by atoms with E-state index in [9.17, 15) is 9.59 Å². The van der Waals surface area contributed by atoms with Gasteiger partial charge in [-0.2, -0.15) is 0 Å². The van der Waals surface area contributed by atoms with Crippen LogP contribution in [0.1, 0.15) is 31.1 Å². The van der Waals surface area contributed by atoms with Crippen LogP contribution in [-0.4, -0.2) is 22.2 Å². The highest BCUT2D eigenvalue weighted by Crippen LogP contribution is 2.22. The molecule has 1 aromatic carbocycles. The summed E-state index contributed by atoms with van der Waals surface area (Å²) in [5, 5.41) is 3.92. The SMILES string of the molecule is CC(C)(C)NC(=O)C(=O)c1c[nH]c2cc(Cl)ccc12. The summed E-state index contributed by atoms with van der Waals surface area (Å²) in [6, 6.07) is 5.14. The van der Waals surface area contributed by atoms with Gasteiger partial charge in [-0.3, -0.25) is 9.59 Å². The number of carbonyl (C=O) groups excluding carboxylic acids is 2. The van der Waals surface area contributed by atoms with Crippen molar-refractivity contribution in [1.82, 2.24) is 10.3 Å². The first-order chi connectivity index (χ1) is 8.78. The molecule has 0 bridgehead atoms. The molecule has 2 N–H and O–H groups in total. The van der Waals surface area contributed by atoms with Gasteiger partial charge in [0, 0.05) is 27.7 Å². The first kappa shape index (κ1) is 13.6. The zero-order valence-corrected chi connectivity index (χ0v) is 11.8. The Morgan fingerprint density at radius 2 is 1.95 bits per heavy atom. The van der Waals surface area contributed by atoms with Gasteiger partial charge in [0.05, 0.1) is 5.56 Å². The normalized spacial score (nSPS) is 11.6. The molecule has 100 valence electrons. The molecule has 19 heavy (non-hydrogen) atoms. The number of H-pyrrole nitrogens is 1. The van der Waals surface area contributed by atoms with Crippen LogP contribution in [0, 0.1) is 0 Å². The van der Waals surface area contributed by atoms with E-state index < -0.39 is 17.2 Å². The molecule has 0 saturated heterocycles. The van der Waals surface area contributed by atoms with E-state index in [4.69, 9.17) is 11.6 Å². The number of aromatic amines is 1. The number of benzene rings is 1. The maximum absolute atomic E-state index is 12.1. The first-order valence-electron chi connectivity index (χ1n) is 5.91. The number of aromatic nitrogens is 1. The molecule has 0 saturated carbocycles. The lowest BCUT2D eigenvalue weighted by atomic mass is 10.1. The highest BCUT2D eigenvalue weighted by molar-refractivity contribution is 6.45. The lowest BCUT2D eigenvalue weighted by molar-refractivity contribution is -0.118. The molecular formula is C14H15ClN2O2. The summed E-state index contributed by atoms with van der Waals surface area (Å²) in [6.07, 6.45) is 1.53. The molecule has 1 amide bonds. The monoisotopic (exact) mass is 278 g/mol. The van der Waals surface area contributed by atoms with Crippen LogP contribution in [0.15, 0.2) is 24.4 Å². The van der Waals surface area contributed by atoms with Gasteiger partial charge in [0.1, 0.15) is 0 Å². The maximum atomic E-state index is 12.1. The fourth-order valence-electron chi connectivity index (χ4n) is 1.81. The van der Waals surface area contributed by atoms with Crippen LogP contribution in [0.3, 0.4) is 0 Å². The average Bonchev–Trinajstić information content (AvgIpc) is 2.68. The highest BCUT2D eigenvalue weighted by Gasteiger charge is 2.23. The van der Waals surface area contributed by atoms with Crippen molar-refractivity contribution in [3.05, 3.63) is 35.0 Å². The number of rotatable bonds is 2. The van der Waals surface area contributed by atoms with Gasteiger partial charge in [-0.15, -0.1) is 0 Å². The van der Waals surface area contributed by atoms with Crippen molar-refractivity contribution in [2.75, 3.05) is 0 Å². The zero-order valence-electron chi connectivity index (χ0n) is 11.0. The number of halogens is 1. The van der Waals surface area contributed by atoms with E-state index in [1.807, 2.05) is 20.8 Å². The van der Waals surface area contributed by atoms with E-state index in [0.29, 0.717) is 16.0 Å². The van der Waals surface area contributed by atoms with Crippen molar-refractivity contribution in [3.63, 3.8) is 0 Å². The molecule has 0 aliphatic carbocycles. The number of hydrogen-bond acceptors (Lipinski definition) is 2. The lowest BCUT2D eigenvalue weighted by Crippen LogP contribution is -2.44. The number of nitrogens with one attached hydrogen (secondary N) is 2. The van der Waals surface area contributed by atoms with Gasteiger partial charge >= 0.3 is 0 Å². The molecule has 0 spiro atoms. The topological polar surface area (TPSA) is 62.0 Å². The Morgan fingerprint density at radius 1 is 1.26 bits per heavy atom. The largest absolute Gasteiger partial charge is 0.360 e. The molecule has 0 aliphatic rings. The second-order valence-corrected chi connectivity index (χ2v) is 5.86. The predicted molar refractivity (Wildman–Crippen MR) is 75.5 cm³/mol. The molecule has 0 unspecified atom stereocenters. The minimum Gasteiger partial charge on any atom is -0.360 e. The third-order valence-corrected chi connectivity index (χ3v) is 2.82. The highest BCUT2D eigenvalue weighted by atomic mass is 35.5. The lowest BCUT2D eigenvalue weighted by Gasteiger charge is -2.19. The number of ketones is 1. The van der Waals surface area contributed by atoms with E-state index in [1.54, 1.807) is 18.2 Å². The second-order valence-electron chi connectivity index (χ2n) is 5.43. The first-order valence-corrected chi connectivity index (χ1v) is 6.29. The molecule has 0 radical (unpaired) electrons. The Labute approximate surface area is 116 Å². The minimum atomic E-state index is -0.608. The Kier molecular flexibility index (Phi) is 3.37. The molecule has 2 aromatic rings. The summed E-state index contributed by atoms with van der Waals surface area (Å²) in [7, 11) is 0. The second kappa shape index (κ2) is 4.70. The summed E-state index contributed by atoms with van der Waals surface area (Å²) >= 11 is 5.87. The van der Waals surface area contributed by atoms with E-state index >= 15 is 0 Å². The van der Waals surface area contributed by atoms with Crippen LogP contribution in [0.25, 0.3) is 10.9 Å². The Bertz CT molecular complexity index is 653. The van der Waals surface area contributed by atoms with Gasteiger partial charge in [-0.05, 0) is 32.9 Å². The Hall–Kier alpha value is -1.81. The van der Waals surface area contributed by atoms with Crippen molar-refractivity contribution in [2.24, 2.45) is 0 Å². The minimum absolute atomic E-state index is 0.355. The van der Waals surface area contributed by atoms with E-state index in [2.05, 4.69) is 10.3 Å². The van der Waals surface area contributed by atoms with Gasteiger partial charge in [-0.1, -0.05) is 17.7 Å². The number of carbonyl (C=O) groups is 2. The van der Waals surface area contributed by atoms with Crippen molar-refractivity contribution in [3.8, 4) is 0 Å². The Morgan fingerprint density at radius 3 is 2.58 bits per heavy atom. The van der Waals surface area contributed by atoms with Gasteiger partial charge in [0.15, 0.2) is 0 Å². The number of amides is 1. The fourth-order valence-corrected chi connectivity index (χ4v) is 1.98. The van der Waals surface area contributed by atoms with E-state index in [0.717, 1.165) is 5.52 Å². The third kappa shape index (κ3) is 2.96. The summed E-state index contributed by atoms with van der Waals surface area (Å²) in [6.45, 7) is 5.48. The summed E-state index contributed by atoms with van der Waals surface area (Å²) < 4.78 is 0. The average molecular weight is 279 g/mol. The molecule has 4 nitrogen and oxygen atoms in total. The third-order valence-electron chi connectivity index (χ3n) is 2.58. The number of hydrogen-bond donors (Lipinski definition) is 2. The van der Waals surface area contributed by atoms with Gasteiger partial charge in [-0.25, -0.2) is 0 Å². The smallest absolute Gasteiger partial charge is 0.292 e. The molecule has 0 fully saturated rings. The summed E-state index contributed by atoms with van der Waals surface area (Å²) in [5.74, 6) is -1.16. The van der Waals surface area contributed by atoms with Crippen molar-refractivity contribution in [2.45, 2.75) is 26.3 Å². The van der Waals surface area contributed by atoms with E-state index in [1.165, 1.54) is 6.20 Å². The van der Waals surface area contributed by atoms with Crippen LogP contribution < -0.4 is 5.32 Å². The quantitative estimate of drug-likeness (QED) is 0.655. The summed E-state index contributed by atoms with van der Waals surface area (Å²) in [5.41, 5.74) is 0.648. The molecule has 0 aliphatic heterocycles. The van der Waals surface area contributed by atoms with Gasteiger partial charge in [0.25, 0.3) is 11.7 Å². The van der Waals surface area contributed by atoms with Crippen LogP contribution in [-0.2, 0) is 4.79 Å². The van der Waals surface area contributed by atoms with Gasteiger partial charge in [0.2, 0.25) is 0 Å². The summed E-state index contributed by atoms with van der Waals surface area (Å²) in [4.78, 5) is 26.9. The molecule has 1 heterocycles. The van der Waals surface area contributed by atoms with Crippen molar-refractivity contribution in [1.29, 1.82) is 0 Å². The molecule has 2 rings (SSSR count).